The molecule has 0 aromatic heterocycles. The van der Waals surface area contributed by atoms with Crippen molar-refractivity contribution in [3.05, 3.63) is 99.2 Å². The van der Waals surface area contributed by atoms with Crippen LogP contribution >= 0.6 is 11.6 Å². The molecule has 1 heterocycles. The maximum absolute atomic E-state index is 13.1. The van der Waals surface area contributed by atoms with E-state index in [0.717, 1.165) is 17.5 Å². The van der Waals surface area contributed by atoms with E-state index in [1.54, 1.807) is 0 Å². The van der Waals surface area contributed by atoms with Crippen LogP contribution in [0.1, 0.15) is 19.4 Å². The predicted octanol–water partition coefficient (Wildman–Crippen LogP) is 5.76. The Morgan fingerprint density at radius 2 is 1.78 bits per heavy atom. The van der Waals surface area contributed by atoms with E-state index in [2.05, 4.69) is 46.1 Å². The Bertz CT molecular complexity index is 1480. The lowest BCUT2D eigenvalue weighted by molar-refractivity contribution is -0.385. The van der Waals surface area contributed by atoms with Crippen molar-refractivity contribution in [3.63, 3.8) is 0 Å². The van der Waals surface area contributed by atoms with Crippen molar-refractivity contribution in [1.29, 1.82) is 0 Å². The molecule has 0 saturated heterocycles. The molecular formula is C25H24ClN5O4S. The maximum atomic E-state index is 13.1. The Morgan fingerprint density at radius 1 is 1.08 bits per heavy atom. The second-order valence-electron chi connectivity index (χ2n) is 8.69. The number of nitrogens with zero attached hydrogens (tertiary/aromatic N) is 3. The highest BCUT2D eigenvalue weighted by molar-refractivity contribution is 7.92. The molecule has 9 nitrogen and oxygen atoms in total. The van der Waals surface area contributed by atoms with Gasteiger partial charge in [0.05, 0.1) is 10.6 Å². The zero-order valence-corrected chi connectivity index (χ0v) is 21.3. The molecule has 0 unspecified atom stereocenters. The zero-order valence-electron chi connectivity index (χ0n) is 19.8. The van der Waals surface area contributed by atoms with Crippen molar-refractivity contribution < 1.29 is 13.3 Å². The van der Waals surface area contributed by atoms with E-state index in [1.807, 2.05) is 25.3 Å². The highest BCUT2D eigenvalue weighted by Gasteiger charge is 2.37. The Balaban J connectivity index is 1.62. The van der Waals surface area contributed by atoms with Crippen molar-refractivity contribution in [1.82, 2.24) is 0 Å². The molecule has 0 radical (unpaired) electrons. The molecular weight excluding hydrogens is 502 g/mol. The molecule has 0 atom stereocenters. The van der Waals surface area contributed by atoms with Gasteiger partial charge in [0.2, 0.25) is 0 Å². The van der Waals surface area contributed by atoms with E-state index in [9.17, 15) is 18.5 Å². The highest BCUT2D eigenvalue weighted by atomic mass is 35.5. The number of anilines is 3. The fourth-order valence-corrected chi connectivity index (χ4v) is 5.55. The second-order valence-corrected chi connectivity index (χ2v) is 10.8. The summed E-state index contributed by atoms with van der Waals surface area (Å²) in [5, 5.41) is 15.9. The van der Waals surface area contributed by atoms with Gasteiger partial charge in [-0.2, -0.15) is 5.10 Å². The summed E-state index contributed by atoms with van der Waals surface area (Å²) in [6, 6.07) is 17.7. The normalized spacial score (nSPS) is 15.8. The van der Waals surface area contributed by atoms with E-state index >= 15 is 0 Å². The number of likely N-dealkylation sites (N-methyl/N-ethyl adjacent to an activating group) is 1. The van der Waals surface area contributed by atoms with E-state index in [4.69, 9.17) is 11.6 Å². The van der Waals surface area contributed by atoms with Gasteiger partial charge in [0.25, 0.3) is 15.7 Å². The lowest BCUT2D eigenvalue weighted by Crippen LogP contribution is -2.23. The van der Waals surface area contributed by atoms with Gasteiger partial charge >= 0.3 is 0 Å². The SMILES string of the molecule is CN1/C(=C/C=N/Nc2ccc([N+](=O)[O-])cc2S(=O)(=O)Nc2ccc(Cl)cc2)C(C)(C)c2ccccc21. The van der Waals surface area contributed by atoms with E-state index in [0.29, 0.717) is 5.02 Å². The summed E-state index contributed by atoms with van der Waals surface area (Å²) in [7, 11) is -2.21. The number of nitro benzene ring substituents is 1. The van der Waals surface area contributed by atoms with Crippen LogP contribution in [0.5, 0.6) is 0 Å². The highest BCUT2D eigenvalue weighted by Crippen LogP contribution is 2.46. The standard InChI is InChI=1S/C25H24ClN5O4S/c1-25(2)20-6-4-5-7-22(20)30(3)24(25)14-15-27-28-21-13-12-19(31(32)33)16-23(21)36(34,35)29-18-10-8-17(26)9-11-18/h4-16,28-29H,1-3H3/b24-14+,27-15+. The molecule has 4 rings (SSSR count). The third kappa shape index (κ3) is 4.91. The zero-order chi connectivity index (χ0) is 26.1. The summed E-state index contributed by atoms with van der Waals surface area (Å²) in [5.41, 5.74) is 5.75. The molecule has 0 bridgehead atoms. The van der Waals surface area contributed by atoms with Gasteiger partial charge in [-0.25, -0.2) is 8.42 Å². The van der Waals surface area contributed by atoms with Crippen molar-refractivity contribution in [2.24, 2.45) is 5.10 Å². The van der Waals surface area contributed by atoms with Crippen LogP contribution in [-0.2, 0) is 15.4 Å². The number of hydrogen-bond acceptors (Lipinski definition) is 7. The molecule has 0 spiro atoms. The molecule has 1 aliphatic heterocycles. The summed E-state index contributed by atoms with van der Waals surface area (Å²) >= 11 is 5.87. The minimum Gasteiger partial charge on any atom is -0.347 e. The average Bonchev–Trinajstić information content (AvgIpc) is 3.03. The maximum Gasteiger partial charge on any atom is 0.270 e. The molecule has 1 aliphatic rings. The average molecular weight is 526 g/mol. The molecule has 3 aromatic rings. The summed E-state index contributed by atoms with van der Waals surface area (Å²) < 4.78 is 28.6. The number of hydrazone groups is 1. The quantitative estimate of drug-likeness (QED) is 0.230. The van der Waals surface area contributed by atoms with Crippen LogP contribution in [0.2, 0.25) is 5.02 Å². The number of nitro groups is 1. The minimum absolute atomic E-state index is 0.0824. The number of halogens is 1. The minimum atomic E-state index is -4.19. The lowest BCUT2D eigenvalue weighted by Gasteiger charge is -2.23. The summed E-state index contributed by atoms with van der Waals surface area (Å²) in [5.74, 6) is 0. The Hall–Kier alpha value is -3.89. The van der Waals surface area contributed by atoms with Gasteiger partial charge in [-0.05, 0) is 48.0 Å². The fraction of sp³-hybridized carbons (Fsp3) is 0.160. The van der Waals surface area contributed by atoms with Crippen molar-refractivity contribution in [2.75, 3.05) is 22.1 Å². The van der Waals surface area contributed by atoms with Gasteiger partial charge < -0.3 is 4.90 Å². The summed E-state index contributed by atoms with van der Waals surface area (Å²) in [6.07, 6.45) is 3.38. The fourth-order valence-electron chi connectivity index (χ4n) is 4.18. The van der Waals surface area contributed by atoms with Crippen LogP contribution in [0, 0.1) is 10.1 Å². The van der Waals surface area contributed by atoms with Crippen LogP contribution < -0.4 is 15.0 Å². The van der Waals surface area contributed by atoms with Crippen molar-refractivity contribution in [3.8, 4) is 0 Å². The molecule has 0 fully saturated rings. The molecule has 11 heteroatoms. The number of benzene rings is 3. The van der Waals surface area contributed by atoms with Gasteiger partial charge in [0.15, 0.2) is 0 Å². The largest absolute Gasteiger partial charge is 0.347 e. The van der Waals surface area contributed by atoms with Crippen LogP contribution in [0.3, 0.4) is 0 Å². The molecule has 0 amide bonds. The van der Waals surface area contributed by atoms with E-state index in [1.165, 1.54) is 48.2 Å². The molecule has 2 N–H and O–H groups in total. The number of sulfonamides is 1. The third-order valence-corrected chi connectivity index (χ3v) is 7.67. The number of nitrogens with one attached hydrogen (secondary N) is 2. The first-order valence-electron chi connectivity index (χ1n) is 10.9. The smallest absolute Gasteiger partial charge is 0.270 e. The van der Waals surface area contributed by atoms with Crippen molar-refractivity contribution in [2.45, 2.75) is 24.2 Å². The number of non-ortho nitro benzene ring substituents is 1. The summed E-state index contributed by atoms with van der Waals surface area (Å²) in [4.78, 5) is 12.4. The first kappa shape index (κ1) is 25.2. The predicted molar refractivity (Wildman–Crippen MR) is 143 cm³/mol. The second kappa shape index (κ2) is 9.63. The number of fused-ring (bicyclic) bond motifs is 1. The summed E-state index contributed by atoms with van der Waals surface area (Å²) in [6.45, 7) is 4.23. The topological polar surface area (TPSA) is 117 Å². The Labute approximate surface area is 214 Å². The number of hydrogen-bond donors (Lipinski definition) is 2. The molecule has 3 aromatic carbocycles. The molecule has 0 aliphatic carbocycles. The van der Waals surface area contributed by atoms with Crippen molar-refractivity contribution >= 4 is 50.6 Å². The van der Waals surface area contributed by atoms with Gasteiger partial charge in [0.1, 0.15) is 4.90 Å². The van der Waals surface area contributed by atoms with Gasteiger partial charge in [-0.1, -0.05) is 43.6 Å². The van der Waals surface area contributed by atoms with Gasteiger partial charge in [-0.15, -0.1) is 0 Å². The van der Waals surface area contributed by atoms with Crippen LogP contribution in [0.15, 0.2) is 88.5 Å². The first-order chi connectivity index (χ1) is 17.0. The van der Waals surface area contributed by atoms with Crippen LogP contribution in [0.25, 0.3) is 0 Å². The van der Waals surface area contributed by atoms with Gasteiger partial charge in [0, 0.05) is 52.9 Å². The Kier molecular flexibility index (Phi) is 6.75. The number of rotatable bonds is 7. The Morgan fingerprint density at radius 3 is 2.44 bits per heavy atom. The first-order valence-corrected chi connectivity index (χ1v) is 12.8. The van der Waals surface area contributed by atoms with E-state index < -0.39 is 14.9 Å². The third-order valence-electron chi connectivity index (χ3n) is 5.99. The molecule has 36 heavy (non-hydrogen) atoms. The van der Waals surface area contributed by atoms with Crippen LogP contribution in [0.4, 0.5) is 22.7 Å². The monoisotopic (exact) mass is 525 g/mol. The van der Waals surface area contributed by atoms with Crippen LogP contribution in [-0.4, -0.2) is 26.6 Å². The van der Waals surface area contributed by atoms with E-state index in [-0.39, 0.29) is 27.4 Å². The number of para-hydroxylation sites is 1. The molecule has 0 saturated carbocycles. The lowest BCUT2D eigenvalue weighted by atomic mass is 9.84. The van der Waals surface area contributed by atoms with Gasteiger partial charge in [-0.3, -0.25) is 20.3 Å². The number of allylic oxidation sites excluding steroid dienone is 2. The molecule has 186 valence electrons.